The summed E-state index contributed by atoms with van der Waals surface area (Å²) in [5.41, 5.74) is 2.51. The Morgan fingerprint density at radius 1 is 1.21 bits per heavy atom. The van der Waals surface area contributed by atoms with Gasteiger partial charge in [-0.05, 0) is 55.5 Å². The van der Waals surface area contributed by atoms with E-state index >= 15 is 0 Å². The van der Waals surface area contributed by atoms with Crippen LogP contribution in [0.15, 0.2) is 58.1 Å². The first-order valence-electron chi connectivity index (χ1n) is 10.1. The molecule has 2 N–H and O–H groups in total. The Hall–Kier alpha value is -1.19. The fourth-order valence-electron chi connectivity index (χ4n) is 3.54. The van der Waals surface area contributed by atoms with Gasteiger partial charge in [-0.3, -0.25) is 14.9 Å². The minimum Gasteiger partial charge on any atom is -0.356 e. The van der Waals surface area contributed by atoms with Crippen LogP contribution in [-0.4, -0.2) is 48.6 Å². The molecule has 29 heavy (non-hydrogen) atoms. The van der Waals surface area contributed by atoms with Crippen LogP contribution in [0.25, 0.3) is 0 Å². The minimum atomic E-state index is 0. The molecule has 2 heterocycles. The number of aryl methyl sites for hydroxylation is 1. The fraction of sp³-hybridized carbons (Fsp3) is 0.455. The zero-order valence-corrected chi connectivity index (χ0v) is 20.9. The summed E-state index contributed by atoms with van der Waals surface area (Å²) in [6.45, 7) is 4.04. The van der Waals surface area contributed by atoms with Crippen LogP contribution in [0, 0.1) is 0 Å². The topological polar surface area (TPSA) is 52.6 Å². The van der Waals surface area contributed by atoms with Gasteiger partial charge in [0.15, 0.2) is 5.96 Å². The Morgan fingerprint density at radius 2 is 2.03 bits per heavy atom. The van der Waals surface area contributed by atoms with Crippen molar-refractivity contribution in [2.75, 3.05) is 26.7 Å². The molecular weight excluding hydrogens is 541 g/mol. The molecule has 0 radical (unpaired) electrons. The van der Waals surface area contributed by atoms with Crippen LogP contribution in [0.2, 0.25) is 0 Å². The van der Waals surface area contributed by atoms with E-state index in [0.717, 1.165) is 68.0 Å². The fourth-order valence-corrected chi connectivity index (χ4v) is 3.98. The van der Waals surface area contributed by atoms with Crippen LogP contribution in [0.5, 0.6) is 0 Å². The summed E-state index contributed by atoms with van der Waals surface area (Å²) in [6, 6.07) is 15.1. The van der Waals surface area contributed by atoms with Crippen LogP contribution in [-0.2, 0) is 13.0 Å². The molecule has 7 heteroatoms. The van der Waals surface area contributed by atoms with Gasteiger partial charge in [0.25, 0.3) is 0 Å². The summed E-state index contributed by atoms with van der Waals surface area (Å²) < 4.78 is 1.14. The second-order valence-corrected chi connectivity index (χ2v) is 8.16. The van der Waals surface area contributed by atoms with Gasteiger partial charge in [0.1, 0.15) is 0 Å². The largest absolute Gasteiger partial charge is 0.356 e. The van der Waals surface area contributed by atoms with Gasteiger partial charge < -0.3 is 10.6 Å². The van der Waals surface area contributed by atoms with E-state index in [1.807, 2.05) is 19.3 Å². The monoisotopic (exact) mass is 571 g/mol. The number of hydrogen-bond acceptors (Lipinski definition) is 3. The van der Waals surface area contributed by atoms with Gasteiger partial charge in [-0.25, -0.2) is 0 Å². The van der Waals surface area contributed by atoms with E-state index < -0.39 is 0 Å². The van der Waals surface area contributed by atoms with Crippen molar-refractivity contribution in [2.24, 2.45) is 4.99 Å². The number of halogens is 2. The van der Waals surface area contributed by atoms with Crippen LogP contribution >= 0.6 is 39.9 Å². The van der Waals surface area contributed by atoms with Crippen LogP contribution in [0.1, 0.15) is 30.5 Å². The maximum atomic E-state index is 4.43. The van der Waals surface area contributed by atoms with Gasteiger partial charge >= 0.3 is 0 Å². The van der Waals surface area contributed by atoms with Gasteiger partial charge in [0.2, 0.25) is 0 Å². The van der Waals surface area contributed by atoms with E-state index in [0.29, 0.717) is 6.04 Å². The molecule has 0 bridgehead atoms. The van der Waals surface area contributed by atoms with E-state index in [1.165, 1.54) is 5.56 Å². The third-order valence-electron chi connectivity index (χ3n) is 5.09. The Labute approximate surface area is 199 Å². The van der Waals surface area contributed by atoms with Crippen molar-refractivity contribution in [3.8, 4) is 0 Å². The lowest BCUT2D eigenvalue weighted by atomic mass is 10.0. The highest BCUT2D eigenvalue weighted by Crippen LogP contribution is 2.14. The number of nitrogens with one attached hydrogen (secondary N) is 2. The van der Waals surface area contributed by atoms with Crippen molar-refractivity contribution in [2.45, 2.75) is 38.3 Å². The van der Waals surface area contributed by atoms with Crippen molar-refractivity contribution in [1.82, 2.24) is 20.5 Å². The quantitative estimate of drug-likeness (QED) is 0.226. The number of nitrogens with zero attached hydrogens (tertiary/aromatic N) is 3. The summed E-state index contributed by atoms with van der Waals surface area (Å²) in [5, 5.41) is 7.04. The van der Waals surface area contributed by atoms with E-state index in [-0.39, 0.29) is 24.0 Å². The highest BCUT2D eigenvalue weighted by Gasteiger charge is 2.20. The van der Waals surface area contributed by atoms with E-state index in [1.54, 1.807) is 0 Å². The molecule has 1 aliphatic rings. The summed E-state index contributed by atoms with van der Waals surface area (Å²) in [6.07, 6.45) is 6.28. The molecule has 5 nitrogen and oxygen atoms in total. The van der Waals surface area contributed by atoms with Crippen molar-refractivity contribution >= 4 is 45.9 Å². The first-order valence-corrected chi connectivity index (χ1v) is 10.9. The van der Waals surface area contributed by atoms with Crippen molar-refractivity contribution in [1.29, 1.82) is 0 Å². The predicted octanol–water partition coefficient (Wildman–Crippen LogP) is 4.22. The normalized spacial score (nSPS) is 15.6. The Balaban J connectivity index is 0.00000300. The smallest absolute Gasteiger partial charge is 0.191 e. The maximum absolute atomic E-state index is 4.43. The van der Waals surface area contributed by atoms with Crippen LogP contribution in [0.4, 0.5) is 0 Å². The molecular formula is C22H31BrIN5. The van der Waals surface area contributed by atoms with Gasteiger partial charge in [-0.1, -0.05) is 34.1 Å². The second-order valence-electron chi connectivity index (χ2n) is 7.25. The Morgan fingerprint density at radius 3 is 2.72 bits per heavy atom. The number of pyridine rings is 1. The molecule has 3 rings (SSSR count). The third-order valence-corrected chi connectivity index (χ3v) is 5.58. The average Bonchev–Trinajstić information content (AvgIpc) is 2.72. The highest BCUT2D eigenvalue weighted by molar-refractivity contribution is 14.0. The zero-order valence-electron chi connectivity index (χ0n) is 17.0. The molecule has 1 aliphatic heterocycles. The lowest BCUT2D eigenvalue weighted by Gasteiger charge is -2.32. The predicted molar refractivity (Wildman–Crippen MR) is 135 cm³/mol. The average molecular weight is 572 g/mol. The van der Waals surface area contributed by atoms with Crippen LogP contribution < -0.4 is 10.6 Å². The molecule has 1 aromatic heterocycles. The molecule has 0 unspecified atom stereocenters. The second kappa shape index (κ2) is 13.2. The standard InChI is InChI=1S/C22H30BrN5.HI/c1-24-22(26-13-5-7-18-6-4-8-19(23)16-18)27-20-10-14-28(15-11-20)17-21-9-2-3-12-25-21;/h2-4,6,8-9,12,16,20H,5,7,10-11,13-15,17H2,1H3,(H2,24,26,27);1H. The lowest BCUT2D eigenvalue weighted by molar-refractivity contribution is 0.196. The number of likely N-dealkylation sites (tertiary alicyclic amines) is 1. The first-order chi connectivity index (χ1) is 13.7. The lowest BCUT2D eigenvalue weighted by Crippen LogP contribution is -2.48. The number of guanidine groups is 1. The molecule has 0 aliphatic carbocycles. The van der Waals surface area contributed by atoms with Gasteiger partial charge in [-0.2, -0.15) is 0 Å². The SMILES string of the molecule is CN=C(NCCCc1cccc(Br)c1)NC1CCN(Cc2ccccn2)CC1.I. The van der Waals surface area contributed by atoms with E-state index in [4.69, 9.17) is 0 Å². The highest BCUT2D eigenvalue weighted by atomic mass is 127. The van der Waals surface area contributed by atoms with Crippen LogP contribution in [0.3, 0.4) is 0 Å². The number of rotatable bonds is 7. The molecule has 0 saturated carbocycles. The van der Waals surface area contributed by atoms with Crippen molar-refractivity contribution < 1.29 is 0 Å². The molecule has 0 spiro atoms. The molecule has 1 saturated heterocycles. The van der Waals surface area contributed by atoms with E-state index in [2.05, 4.69) is 77.8 Å². The zero-order chi connectivity index (χ0) is 19.6. The summed E-state index contributed by atoms with van der Waals surface area (Å²) in [7, 11) is 1.85. The summed E-state index contributed by atoms with van der Waals surface area (Å²) >= 11 is 3.53. The number of hydrogen-bond donors (Lipinski definition) is 2. The first kappa shape index (κ1) is 24.1. The Kier molecular flexibility index (Phi) is 10.9. The number of aromatic nitrogens is 1. The number of benzene rings is 1. The van der Waals surface area contributed by atoms with E-state index in [9.17, 15) is 0 Å². The summed E-state index contributed by atoms with van der Waals surface area (Å²) in [4.78, 5) is 11.3. The molecule has 0 atom stereocenters. The molecule has 2 aromatic rings. The molecule has 1 fully saturated rings. The maximum Gasteiger partial charge on any atom is 0.191 e. The minimum absolute atomic E-state index is 0. The van der Waals surface area contributed by atoms with Gasteiger partial charge in [0, 0.05) is 49.9 Å². The molecule has 158 valence electrons. The number of piperidine rings is 1. The summed E-state index contributed by atoms with van der Waals surface area (Å²) in [5.74, 6) is 0.914. The molecule has 0 amide bonds. The Bertz CT molecular complexity index is 748. The van der Waals surface area contributed by atoms with Crippen molar-refractivity contribution in [3.63, 3.8) is 0 Å². The van der Waals surface area contributed by atoms with Crippen molar-refractivity contribution in [3.05, 3.63) is 64.4 Å². The van der Waals surface area contributed by atoms with Gasteiger partial charge in [0.05, 0.1) is 5.69 Å². The van der Waals surface area contributed by atoms with Gasteiger partial charge in [-0.15, -0.1) is 24.0 Å². The number of aliphatic imine (C=N–C) groups is 1. The molecule has 1 aromatic carbocycles. The third kappa shape index (κ3) is 8.60.